The van der Waals surface area contributed by atoms with Crippen molar-refractivity contribution in [2.24, 2.45) is 5.92 Å². The number of rotatable bonds is 6. The van der Waals surface area contributed by atoms with Gasteiger partial charge >= 0.3 is 0 Å². The molecule has 29 heavy (non-hydrogen) atoms. The van der Waals surface area contributed by atoms with E-state index < -0.39 is 6.04 Å². The molecule has 2 heterocycles. The summed E-state index contributed by atoms with van der Waals surface area (Å²) in [5.74, 6) is 0.388. The smallest absolute Gasteiger partial charge is 0.251 e. The van der Waals surface area contributed by atoms with Crippen LogP contribution in [-0.4, -0.2) is 61.0 Å². The number of aromatic nitrogens is 1. The molecule has 0 radical (unpaired) electrons. The standard InChI is InChI=1S/C22H28N4O3/c1-16(2)20(24-21(27)17-4-6-19(29-3)7-5-17)22(28)26-14-12-25(13-15-26)18-8-10-23-11-9-18/h4-11,16,20H,12-15H2,1-3H3,(H,24,27). The SMILES string of the molecule is COc1ccc(C(=O)NC(C(=O)N2CCN(c3ccncc3)CC2)C(C)C)cc1. The van der Waals surface area contributed by atoms with Gasteiger partial charge in [-0.2, -0.15) is 0 Å². The number of carbonyl (C=O) groups is 2. The van der Waals surface area contributed by atoms with Crippen molar-refractivity contribution < 1.29 is 14.3 Å². The Balaban J connectivity index is 1.61. The highest BCUT2D eigenvalue weighted by Crippen LogP contribution is 2.17. The van der Waals surface area contributed by atoms with Crippen molar-refractivity contribution in [2.75, 3.05) is 38.2 Å². The van der Waals surface area contributed by atoms with E-state index in [0.717, 1.165) is 18.8 Å². The number of nitrogens with one attached hydrogen (secondary N) is 1. The number of carbonyl (C=O) groups excluding carboxylic acids is 2. The van der Waals surface area contributed by atoms with E-state index in [-0.39, 0.29) is 17.7 Å². The van der Waals surface area contributed by atoms with Crippen molar-refractivity contribution in [3.05, 3.63) is 54.4 Å². The van der Waals surface area contributed by atoms with Crippen LogP contribution in [0.5, 0.6) is 5.75 Å². The van der Waals surface area contributed by atoms with Crippen LogP contribution >= 0.6 is 0 Å². The van der Waals surface area contributed by atoms with Crippen LogP contribution in [0.1, 0.15) is 24.2 Å². The molecular formula is C22H28N4O3. The molecule has 1 saturated heterocycles. The van der Waals surface area contributed by atoms with Gasteiger partial charge in [-0.25, -0.2) is 0 Å². The van der Waals surface area contributed by atoms with Gasteiger partial charge in [0.15, 0.2) is 0 Å². The molecule has 1 N–H and O–H groups in total. The first kappa shape index (κ1) is 20.6. The summed E-state index contributed by atoms with van der Waals surface area (Å²) in [5.41, 5.74) is 1.62. The monoisotopic (exact) mass is 396 g/mol. The summed E-state index contributed by atoms with van der Waals surface area (Å²) in [6.07, 6.45) is 3.55. The van der Waals surface area contributed by atoms with E-state index in [1.54, 1.807) is 43.8 Å². The topological polar surface area (TPSA) is 74.8 Å². The Labute approximate surface area is 171 Å². The average Bonchev–Trinajstić information content (AvgIpc) is 2.77. The lowest BCUT2D eigenvalue weighted by molar-refractivity contribution is -0.134. The fourth-order valence-electron chi connectivity index (χ4n) is 3.42. The molecule has 2 amide bonds. The molecule has 0 saturated carbocycles. The Morgan fingerprint density at radius 1 is 1.00 bits per heavy atom. The number of nitrogens with zero attached hydrogens (tertiary/aromatic N) is 3. The van der Waals surface area contributed by atoms with Crippen molar-refractivity contribution in [2.45, 2.75) is 19.9 Å². The number of hydrogen-bond acceptors (Lipinski definition) is 5. The third kappa shape index (κ3) is 5.04. The molecule has 1 aromatic carbocycles. The van der Waals surface area contributed by atoms with E-state index in [1.165, 1.54) is 0 Å². The zero-order chi connectivity index (χ0) is 20.8. The molecule has 7 heteroatoms. The lowest BCUT2D eigenvalue weighted by atomic mass is 10.0. The fraction of sp³-hybridized carbons (Fsp3) is 0.409. The van der Waals surface area contributed by atoms with Gasteiger partial charge in [-0.3, -0.25) is 14.6 Å². The molecular weight excluding hydrogens is 368 g/mol. The third-order valence-corrected chi connectivity index (χ3v) is 5.19. The van der Waals surface area contributed by atoms with Crippen LogP contribution in [0.25, 0.3) is 0 Å². The number of benzene rings is 1. The number of methoxy groups -OCH3 is 1. The van der Waals surface area contributed by atoms with Crippen LogP contribution in [0, 0.1) is 5.92 Å². The summed E-state index contributed by atoms with van der Waals surface area (Å²) in [4.78, 5) is 33.9. The molecule has 0 spiro atoms. The number of pyridine rings is 1. The summed E-state index contributed by atoms with van der Waals surface area (Å²) in [5, 5.41) is 2.92. The maximum Gasteiger partial charge on any atom is 0.251 e. The van der Waals surface area contributed by atoms with E-state index in [2.05, 4.69) is 15.2 Å². The molecule has 154 valence electrons. The largest absolute Gasteiger partial charge is 0.497 e. The molecule has 3 rings (SSSR count). The van der Waals surface area contributed by atoms with Gasteiger partial charge in [-0.1, -0.05) is 13.8 Å². The third-order valence-electron chi connectivity index (χ3n) is 5.19. The lowest BCUT2D eigenvalue weighted by Gasteiger charge is -2.38. The van der Waals surface area contributed by atoms with Crippen molar-refractivity contribution >= 4 is 17.5 Å². The Hall–Kier alpha value is -3.09. The molecule has 1 aliphatic heterocycles. The van der Waals surface area contributed by atoms with Crippen LogP contribution in [0.2, 0.25) is 0 Å². The second-order valence-corrected chi connectivity index (χ2v) is 7.44. The number of hydrogen-bond donors (Lipinski definition) is 1. The minimum atomic E-state index is -0.558. The highest BCUT2D eigenvalue weighted by Gasteiger charge is 2.31. The summed E-state index contributed by atoms with van der Waals surface area (Å²) in [6.45, 7) is 6.67. The maximum absolute atomic E-state index is 13.1. The van der Waals surface area contributed by atoms with Crippen LogP contribution in [0.4, 0.5) is 5.69 Å². The van der Waals surface area contributed by atoms with Crippen molar-refractivity contribution in [3.8, 4) is 5.75 Å². The molecule has 2 aromatic rings. The van der Waals surface area contributed by atoms with Gasteiger partial charge < -0.3 is 19.9 Å². The van der Waals surface area contributed by atoms with Crippen LogP contribution in [-0.2, 0) is 4.79 Å². The average molecular weight is 396 g/mol. The molecule has 7 nitrogen and oxygen atoms in total. The Kier molecular flexibility index (Phi) is 6.69. The molecule has 1 unspecified atom stereocenters. The minimum Gasteiger partial charge on any atom is -0.497 e. The summed E-state index contributed by atoms with van der Waals surface area (Å²) < 4.78 is 5.13. The fourth-order valence-corrected chi connectivity index (χ4v) is 3.42. The molecule has 0 aliphatic carbocycles. The van der Waals surface area contributed by atoms with Gasteiger partial charge in [-0.05, 0) is 42.3 Å². The molecule has 1 fully saturated rings. The molecule has 1 atom stereocenters. The Morgan fingerprint density at radius 3 is 2.17 bits per heavy atom. The second-order valence-electron chi connectivity index (χ2n) is 7.44. The predicted molar refractivity (Wildman–Crippen MR) is 112 cm³/mol. The lowest BCUT2D eigenvalue weighted by Crippen LogP contribution is -2.56. The van der Waals surface area contributed by atoms with Gasteiger partial charge in [0.1, 0.15) is 11.8 Å². The minimum absolute atomic E-state index is 0.0112. The summed E-state index contributed by atoms with van der Waals surface area (Å²) in [6, 6.07) is 10.3. The van der Waals surface area contributed by atoms with Crippen LogP contribution in [0.15, 0.2) is 48.8 Å². The van der Waals surface area contributed by atoms with Gasteiger partial charge in [0.25, 0.3) is 5.91 Å². The predicted octanol–water partition coefficient (Wildman–Crippen LogP) is 2.19. The first-order valence-corrected chi connectivity index (χ1v) is 9.88. The molecule has 1 aromatic heterocycles. The maximum atomic E-state index is 13.1. The van der Waals surface area contributed by atoms with E-state index in [0.29, 0.717) is 24.4 Å². The van der Waals surface area contributed by atoms with Crippen molar-refractivity contribution in [3.63, 3.8) is 0 Å². The first-order valence-electron chi connectivity index (χ1n) is 9.88. The van der Waals surface area contributed by atoms with Gasteiger partial charge in [0, 0.05) is 49.8 Å². The Bertz CT molecular complexity index is 816. The van der Waals surface area contributed by atoms with E-state index >= 15 is 0 Å². The first-order chi connectivity index (χ1) is 14.0. The molecule has 0 bridgehead atoms. The number of anilines is 1. The van der Waals surface area contributed by atoms with Crippen LogP contribution in [0.3, 0.4) is 0 Å². The molecule has 1 aliphatic rings. The van der Waals surface area contributed by atoms with E-state index in [1.807, 2.05) is 30.9 Å². The van der Waals surface area contributed by atoms with E-state index in [9.17, 15) is 9.59 Å². The number of ether oxygens (including phenoxy) is 1. The Morgan fingerprint density at radius 2 is 1.62 bits per heavy atom. The van der Waals surface area contributed by atoms with Gasteiger partial charge in [0.2, 0.25) is 5.91 Å². The summed E-state index contributed by atoms with van der Waals surface area (Å²) >= 11 is 0. The van der Waals surface area contributed by atoms with Crippen molar-refractivity contribution in [1.82, 2.24) is 15.2 Å². The van der Waals surface area contributed by atoms with Crippen molar-refractivity contribution in [1.29, 1.82) is 0 Å². The van der Waals surface area contributed by atoms with Gasteiger partial charge in [-0.15, -0.1) is 0 Å². The zero-order valence-electron chi connectivity index (χ0n) is 17.2. The number of amides is 2. The van der Waals surface area contributed by atoms with E-state index in [4.69, 9.17) is 4.74 Å². The summed E-state index contributed by atoms with van der Waals surface area (Å²) in [7, 11) is 1.58. The zero-order valence-corrected chi connectivity index (χ0v) is 17.2. The second kappa shape index (κ2) is 9.41. The highest BCUT2D eigenvalue weighted by molar-refractivity contribution is 5.97. The van der Waals surface area contributed by atoms with Crippen LogP contribution < -0.4 is 15.0 Å². The normalized spacial score (nSPS) is 15.2. The quantitative estimate of drug-likeness (QED) is 0.810. The van der Waals surface area contributed by atoms with Gasteiger partial charge in [0.05, 0.1) is 7.11 Å². The number of piperazine rings is 1. The highest BCUT2D eigenvalue weighted by atomic mass is 16.5.